The smallest absolute Gasteiger partial charge is 0.196 e. The van der Waals surface area contributed by atoms with Crippen molar-refractivity contribution in [3.63, 3.8) is 0 Å². The number of hydrogen-bond acceptors (Lipinski definition) is 5. The summed E-state index contributed by atoms with van der Waals surface area (Å²) in [6.45, 7) is 3.38. The Balaban J connectivity index is 2.20. The molecule has 0 aliphatic carbocycles. The van der Waals surface area contributed by atoms with E-state index in [1.54, 1.807) is 24.0 Å². The summed E-state index contributed by atoms with van der Waals surface area (Å²) in [4.78, 5) is 0. The number of aromatic nitrogens is 1. The van der Waals surface area contributed by atoms with Crippen molar-refractivity contribution in [2.24, 2.45) is 5.10 Å². The monoisotopic (exact) mass is 306 g/mol. The Kier molecular flexibility index (Phi) is 3.38. The van der Waals surface area contributed by atoms with Crippen LogP contribution in [0.25, 0.3) is 10.8 Å². The molecule has 0 N–H and O–H groups in total. The molecule has 2 aromatic rings. The van der Waals surface area contributed by atoms with Gasteiger partial charge in [0.15, 0.2) is 6.04 Å². The molecule has 110 valence electrons. The van der Waals surface area contributed by atoms with E-state index in [0.29, 0.717) is 5.82 Å². The summed E-state index contributed by atoms with van der Waals surface area (Å²) in [6.07, 6.45) is 3.43. The van der Waals surface area contributed by atoms with Crippen molar-refractivity contribution in [2.45, 2.75) is 19.9 Å². The van der Waals surface area contributed by atoms with Crippen molar-refractivity contribution >= 4 is 32.9 Å². The number of rotatable bonds is 3. The highest BCUT2D eigenvalue weighted by atomic mass is 32.2. The van der Waals surface area contributed by atoms with Crippen LogP contribution in [0.4, 0.5) is 5.82 Å². The zero-order valence-electron chi connectivity index (χ0n) is 11.8. The highest BCUT2D eigenvalue weighted by molar-refractivity contribution is 7.86. The number of nitrogens with zero attached hydrogens (tertiary/aromatic N) is 3. The summed E-state index contributed by atoms with van der Waals surface area (Å²) in [5.74, 6) is 0.526. The van der Waals surface area contributed by atoms with Gasteiger partial charge in [0, 0.05) is 0 Å². The van der Waals surface area contributed by atoms with Crippen molar-refractivity contribution in [1.82, 2.24) is 0 Å². The Morgan fingerprint density at radius 1 is 1.33 bits per heavy atom. The Hall–Kier alpha value is -1.99. The number of hydrogen-bond donors (Lipinski definition) is 0. The molecule has 0 amide bonds. The van der Waals surface area contributed by atoms with Crippen LogP contribution in [0.15, 0.2) is 41.6 Å². The highest BCUT2D eigenvalue weighted by Crippen LogP contribution is 2.26. The minimum atomic E-state index is -3.61. The lowest BCUT2D eigenvalue weighted by molar-refractivity contribution is -0.668. The van der Waals surface area contributed by atoms with E-state index in [-0.39, 0.29) is 11.8 Å². The first-order chi connectivity index (χ1) is 10.0. The van der Waals surface area contributed by atoms with Crippen molar-refractivity contribution < 1.29 is 17.4 Å². The van der Waals surface area contributed by atoms with Crippen LogP contribution >= 0.6 is 0 Å². The van der Waals surface area contributed by atoms with E-state index in [2.05, 4.69) is 5.10 Å². The highest BCUT2D eigenvalue weighted by Gasteiger charge is 2.36. The fourth-order valence-corrected chi connectivity index (χ4v) is 2.76. The lowest BCUT2D eigenvalue weighted by Crippen LogP contribution is -2.49. The van der Waals surface area contributed by atoms with Gasteiger partial charge in [0.05, 0.1) is 17.4 Å². The molecule has 0 bridgehead atoms. The molecule has 21 heavy (non-hydrogen) atoms. The van der Waals surface area contributed by atoms with E-state index in [4.69, 9.17) is 4.28 Å². The van der Waals surface area contributed by atoms with Gasteiger partial charge in [-0.3, -0.25) is 0 Å². The number of pyridine rings is 1. The fourth-order valence-electron chi connectivity index (χ4n) is 2.20. The molecule has 0 radical (unpaired) electrons. The van der Waals surface area contributed by atoms with Crippen molar-refractivity contribution in [1.29, 1.82) is 0 Å². The lowest BCUT2D eigenvalue weighted by Gasteiger charge is -2.22. The topological polar surface area (TPSA) is 62.9 Å². The minimum absolute atomic E-state index is 0.0852. The predicted octanol–water partition coefficient (Wildman–Crippen LogP) is 1.45. The third kappa shape index (κ3) is 2.50. The van der Waals surface area contributed by atoms with Gasteiger partial charge in [0.25, 0.3) is 0 Å². The molecule has 1 aliphatic rings. The summed E-state index contributed by atoms with van der Waals surface area (Å²) < 4.78 is 30.6. The van der Waals surface area contributed by atoms with Crippen LogP contribution in [0.1, 0.15) is 13.8 Å². The molecular weight excluding hydrogens is 290 g/mol. The molecule has 0 saturated heterocycles. The number of anilines is 1. The zero-order valence-corrected chi connectivity index (χ0v) is 12.6. The van der Waals surface area contributed by atoms with Gasteiger partial charge < -0.3 is 0 Å². The van der Waals surface area contributed by atoms with Crippen LogP contribution in [0.3, 0.4) is 0 Å². The second kappa shape index (κ2) is 5.09. The van der Waals surface area contributed by atoms with E-state index in [1.165, 1.54) is 5.06 Å². The van der Waals surface area contributed by atoms with Gasteiger partial charge in [-0.05, 0) is 31.4 Å². The Morgan fingerprint density at radius 2 is 2.10 bits per heavy atom. The molecule has 1 aliphatic heterocycles. The quantitative estimate of drug-likeness (QED) is 0.805. The van der Waals surface area contributed by atoms with Crippen LogP contribution in [-0.2, 0) is 14.4 Å². The standard InChI is InChI=1S/C14H16N3O3S/c1-3-21(18,19)20-17-11(2)10-15-16-9-8-12-6-4-5-7-13(12)14(16)17/h4-11H,3H2,1-2H3/q+1. The van der Waals surface area contributed by atoms with Crippen LogP contribution in [0.5, 0.6) is 0 Å². The Bertz CT molecular complexity index is 817. The van der Waals surface area contributed by atoms with Crippen molar-refractivity contribution in [3.05, 3.63) is 36.5 Å². The van der Waals surface area contributed by atoms with E-state index in [0.717, 1.165) is 10.8 Å². The maximum Gasteiger partial charge on any atom is 0.342 e. The third-order valence-electron chi connectivity index (χ3n) is 3.35. The molecule has 1 aromatic carbocycles. The molecular formula is C14H16N3O3S+. The third-order valence-corrected chi connectivity index (χ3v) is 4.44. The second-order valence-electron chi connectivity index (χ2n) is 4.82. The largest absolute Gasteiger partial charge is 0.342 e. The SMILES string of the molecule is CCS(=O)(=O)ON1c2c3ccccc3cc[n+]2N=CC1C. The molecule has 2 heterocycles. The summed E-state index contributed by atoms with van der Waals surface area (Å²) in [7, 11) is -3.61. The average Bonchev–Trinajstić information content (AvgIpc) is 2.49. The molecule has 3 rings (SSSR count). The number of hydroxylamine groups is 1. The van der Waals surface area contributed by atoms with Gasteiger partial charge in [0.2, 0.25) is 0 Å². The van der Waals surface area contributed by atoms with Gasteiger partial charge in [-0.25, -0.2) is 0 Å². The Morgan fingerprint density at radius 3 is 2.86 bits per heavy atom. The first-order valence-corrected chi connectivity index (χ1v) is 8.29. The van der Waals surface area contributed by atoms with E-state index in [9.17, 15) is 8.42 Å². The van der Waals surface area contributed by atoms with Gasteiger partial charge in [-0.1, -0.05) is 32.6 Å². The predicted molar refractivity (Wildman–Crippen MR) is 80.5 cm³/mol. The van der Waals surface area contributed by atoms with Crippen LogP contribution < -0.4 is 9.74 Å². The van der Waals surface area contributed by atoms with Crippen LogP contribution in [0, 0.1) is 0 Å². The van der Waals surface area contributed by atoms with Crippen molar-refractivity contribution in [2.75, 3.05) is 10.8 Å². The average molecular weight is 306 g/mol. The molecule has 6 nitrogen and oxygen atoms in total. The summed E-state index contributed by atoms with van der Waals surface area (Å²) in [5, 5.41) is 7.58. The molecule has 0 spiro atoms. The molecule has 0 saturated carbocycles. The fraction of sp³-hybridized carbons (Fsp3) is 0.286. The van der Waals surface area contributed by atoms with Crippen LogP contribution in [-0.4, -0.2) is 26.4 Å². The first kappa shape index (κ1) is 14.0. The normalized spacial score (nSPS) is 18.0. The maximum absolute atomic E-state index is 11.8. The minimum Gasteiger partial charge on any atom is -0.196 e. The summed E-state index contributed by atoms with van der Waals surface area (Å²) in [6, 6.07) is 9.37. The molecule has 7 heteroatoms. The zero-order chi connectivity index (χ0) is 15.0. The van der Waals surface area contributed by atoms with E-state index >= 15 is 0 Å². The summed E-state index contributed by atoms with van der Waals surface area (Å²) >= 11 is 0. The lowest BCUT2D eigenvalue weighted by atomic mass is 10.1. The van der Waals surface area contributed by atoms with Crippen LogP contribution in [0.2, 0.25) is 0 Å². The molecule has 1 unspecified atom stereocenters. The summed E-state index contributed by atoms with van der Waals surface area (Å²) in [5.41, 5.74) is 0. The first-order valence-electron chi connectivity index (χ1n) is 6.71. The van der Waals surface area contributed by atoms with E-state index in [1.807, 2.05) is 37.3 Å². The number of fused-ring (bicyclic) bond motifs is 3. The van der Waals surface area contributed by atoms with Gasteiger partial charge in [-0.2, -0.15) is 8.42 Å². The van der Waals surface area contributed by atoms with E-state index < -0.39 is 10.1 Å². The maximum atomic E-state index is 11.8. The van der Waals surface area contributed by atoms with Crippen molar-refractivity contribution in [3.8, 4) is 0 Å². The van der Waals surface area contributed by atoms with Gasteiger partial charge in [-0.15, -0.1) is 4.68 Å². The number of benzene rings is 1. The molecule has 1 aromatic heterocycles. The second-order valence-corrected chi connectivity index (χ2v) is 6.66. The van der Waals surface area contributed by atoms with Gasteiger partial charge >= 0.3 is 15.9 Å². The van der Waals surface area contributed by atoms with Gasteiger partial charge in [0.1, 0.15) is 6.20 Å². The Labute approximate surface area is 123 Å². The molecule has 1 atom stereocenters. The molecule has 0 fully saturated rings.